The van der Waals surface area contributed by atoms with Crippen LogP contribution in [0.3, 0.4) is 0 Å². The van der Waals surface area contributed by atoms with Gasteiger partial charge in [-0.2, -0.15) is 0 Å². The highest BCUT2D eigenvalue weighted by atomic mass is 15.2. The molecule has 1 aliphatic carbocycles. The van der Waals surface area contributed by atoms with Crippen molar-refractivity contribution < 1.29 is 0 Å². The van der Waals surface area contributed by atoms with Gasteiger partial charge in [0.05, 0.1) is 0 Å². The molecule has 1 unspecified atom stereocenters. The maximum atomic E-state index is 4.30. The molecule has 108 valence electrons. The summed E-state index contributed by atoms with van der Waals surface area (Å²) < 4.78 is 0. The first-order chi connectivity index (χ1) is 9.69. The molecule has 1 aliphatic rings. The molecule has 0 bridgehead atoms. The Balaban J connectivity index is 1.81. The zero-order valence-electron chi connectivity index (χ0n) is 12.7. The fourth-order valence-electron chi connectivity index (χ4n) is 2.39. The van der Waals surface area contributed by atoms with Crippen molar-refractivity contribution in [3.8, 4) is 0 Å². The summed E-state index contributed by atoms with van der Waals surface area (Å²) in [7, 11) is 1.83. The molecule has 0 spiro atoms. The van der Waals surface area contributed by atoms with Crippen molar-refractivity contribution in [2.24, 2.45) is 4.99 Å². The Morgan fingerprint density at radius 1 is 1.25 bits per heavy atom. The van der Waals surface area contributed by atoms with Crippen LogP contribution in [0.15, 0.2) is 41.4 Å². The van der Waals surface area contributed by atoms with E-state index in [0.29, 0.717) is 12.0 Å². The number of rotatable bonds is 4. The molecule has 0 amide bonds. The summed E-state index contributed by atoms with van der Waals surface area (Å²) in [6.45, 7) is 5.25. The molecular weight excluding hydrogens is 246 g/mol. The number of hydrogen-bond donors (Lipinski definition) is 2. The molecule has 2 rings (SSSR count). The lowest BCUT2D eigenvalue weighted by molar-refractivity contribution is 0.621. The second kappa shape index (κ2) is 7.13. The molecular formula is C17H25N3. The SMILES string of the molecule is CN=C(NCC(C)c1ccc(C)cc1)NC1CC=CC1. The van der Waals surface area contributed by atoms with Crippen LogP contribution in [0.4, 0.5) is 0 Å². The number of hydrogen-bond acceptors (Lipinski definition) is 1. The Labute approximate surface area is 122 Å². The second-order valence-electron chi connectivity index (χ2n) is 5.55. The molecule has 0 saturated carbocycles. The van der Waals surface area contributed by atoms with E-state index in [2.05, 4.69) is 65.9 Å². The molecule has 1 aromatic carbocycles. The first-order valence-corrected chi connectivity index (χ1v) is 7.38. The van der Waals surface area contributed by atoms with E-state index in [1.165, 1.54) is 11.1 Å². The van der Waals surface area contributed by atoms with Crippen molar-refractivity contribution in [2.75, 3.05) is 13.6 Å². The minimum absolute atomic E-state index is 0.468. The standard InChI is InChI=1S/C17H25N3/c1-13-8-10-15(11-9-13)14(2)12-19-17(18-3)20-16-6-4-5-7-16/h4-5,8-11,14,16H,6-7,12H2,1-3H3,(H2,18,19,20). The van der Waals surface area contributed by atoms with Gasteiger partial charge in [0.25, 0.3) is 0 Å². The Morgan fingerprint density at radius 3 is 2.50 bits per heavy atom. The number of nitrogens with zero attached hydrogens (tertiary/aromatic N) is 1. The van der Waals surface area contributed by atoms with E-state index >= 15 is 0 Å². The molecule has 0 fully saturated rings. The van der Waals surface area contributed by atoms with Gasteiger partial charge in [-0.15, -0.1) is 0 Å². The summed E-state index contributed by atoms with van der Waals surface area (Å²) in [5, 5.41) is 6.88. The van der Waals surface area contributed by atoms with Crippen LogP contribution >= 0.6 is 0 Å². The first kappa shape index (κ1) is 14.6. The summed E-state index contributed by atoms with van der Waals surface area (Å²) in [5.41, 5.74) is 2.67. The lowest BCUT2D eigenvalue weighted by Crippen LogP contribution is -2.43. The number of guanidine groups is 1. The smallest absolute Gasteiger partial charge is 0.191 e. The van der Waals surface area contributed by atoms with Crippen LogP contribution in [0.25, 0.3) is 0 Å². The fourth-order valence-corrected chi connectivity index (χ4v) is 2.39. The lowest BCUT2D eigenvalue weighted by Gasteiger charge is -2.19. The third-order valence-electron chi connectivity index (χ3n) is 3.79. The highest BCUT2D eigenvalue weighted by Gasteiger charge is 2.12. The predicted molar refractivity (Wildman–Crippen MR) is 86.3 cm³/mol. The second-order valence-corrected chi connectivity index (χ2v) is 5.55. The lowest BCUT2D eigenvalue weighted by atomic mass is 10.0. The maximum Gasteiger partial charge on any atom is 0.191 e. The summed E-state index contributed by atoms with van der Waals surface area (Å²) in [6, 6.07) is 9.25. The van der Waals surface area contributed by atoms with Crippen LogP contribution in [0.1, 0.15) is 36.8 Å². The van der Waals surface area contributed by atoms with Crippen LogP contribution in [0.5, 0.6) is 0 Å². The quantitative estimate of drug-likeness (QED) is 0.502. The third-order valence-corrected chi connectivity index (χ3v) is 3.79. The van der Waals surface area contributed by atoms with Crippen molar-refractivity contribution in [3.63, 3.8) is 0 Å². The first-order valence-electron chi connectivity index (χ1n) is 7.38. The van der Waals surface area contributed by atoms with Crippen molar-refractivity contribution in [1.29, 1.82) is 0 Å². The van der Waals surface area contributed by atoms with Gasteiger partial charge in [0.2, 0.25) is 0 Å². The molecule has 3 nitrogen and oxygen atoms in total. The highest BCUT2D eigenvalue weighted by Crippen LogP contribution is 2.15. The molecule has 0 saturated heterocycles. The molecule has 0 aliphatic heterocycles. The van der Waals surface area contributed by atoms with Gasteiger partial charge in [-0.25, -0.2) is 0 Å². The molecule has 0 aromatic heterocycles. The van der Waals surface area contributed by atoms with Crippen LogP contribution in [0.2, 0.25) is 0 Å². The Bertz CT molecular complexity index is 466. The maximum absolute atomic E-state index is 4.30. The van der Waals surface area contributed by atoms with Gasteiger partial charge in [-0.05, 0) is 31.2 Å². The van der Waals surface area contributed by atoms with Gasteiger partial charge in [-0.3, -0.25) is 4.99 Å². The van der Waals surface area contributed by atoms with Crippen LogP contribution in [0, 0.1) is 6.92 Å². The summed E-state index contributed by atoms with van der Waals surface area (Å²) in [4.78, 5) is 4.30. The Hall–Kier alpha value is -1.77. The monoisotopic (exact) mass is 271 g/mol. The Morgan fingerprint density at radius 2 is 1.90 bits per heavy atom. The molecule has 2 N–H and O–H groups in total. The van der Waals surface area contributed by atoms with Crippen LogP contribution in [-0.4, -0.2) is 25.6 Å². The van der Waals surface area contributed by atoms with Crippen molar-refractivity contribution in [3.05, 3.63) is 47.5 Å². The summed E-state index contributed by atoms with van der Waals surface area (Å²) in [6.07, 6.45) is 6.63. The third kappa shape index (κ3) is 4.12. The van der Waals surface area contributed by atoms with Gasteiger partial charge >= 0.3 is 0 Å². The van der Waals surface area contributed by atoms with Crippen LogP contribution < -0.4 is 10.6 Å². The number of benzene rings is 1. The molecule has 20 heavy (non-hydrogen) atoms. The topological polar surface area (TPSA) is 36.4 Å². The van der Waals surface area contributed by atoms with E-state index in [4.69, 9.17) is 0 Å². The highest BCUT2D eigenvalue weighted by molar-refractivity contribution is 5.80. The molecule has 0 radical (unpaired) electrons. The largest absolute Gasteiger partial charge is 0.356 e. The van der Waals surface area contributed by atoms with Crippen LogP contribution in [-0.2, 0) is 0 Å². The minimum Gasteiger partial charge on any atom is -0.356 e. The van der Waals surface area contributed by atoms with Gasteiger partial charge in [0.1, 0.15) is 0 Å². The van der Waals surface area contributed by atoms with E-state index in [1.54, 1.807) is 0 Å². The minimum atomic E-state index is 0.468. The van der Waals surface area contributed by atoms with E-state index in [1.807, 2.05) is 7.05 Å². The summed E-state index contributed by atoms with van der Waals surface area (Å²) >= 11 is 0. The van der Waals surface area contributed by atoms with Crippen molar-refractivity contribution >= 4 is 5.96 Å². The van der Waals surface area contributed by atoms with E-state index in [0.717, 1.165) is 25.3 Å². The van der Waals surface area contributed by atoms with Gasteiger partial charge in [-0.1, -0.05) is 48.9 Å². The van der Waals surface area contributed by atoms with E-state index < -0.39 is 0 Å². The average molecular weight is 271 g/mol. The van der Waals surface area contributed by atoms with Crippen molar-refractivity contribution in [2.45, 2.75) is 38.6 Å². The predicted octanol–water partition coefficient (Wildman–Crippen LogP) is 2.98. The van der Waals surface area contributed by atoms with E-state index in [-0.39, 0.29) is 0 Å². The molecule has 1 aromatic rings. The van der Waals surface area contributed by atoms with Gasteiger partial charge < -0.3 is 10.6 Å². The Kier molecular flexibility index (Phi) is 5.22. The molecule has 3 heteroatoms. The number of aliphatic imine (C=N–C) groups is 1. The van der Waals surface area contributed by atoms with E-state index in [9.17, 15) is 0 Å². The zero-order valence-corrected chi connectivity index (χ0v) is 12.7. The number of aryl methyl sites for hydroxylation is 1. The van der Waals surface area contributed by atoms with Gasteiger partial charge in [0.15, 0.2) is 5.96 Å². The number of nitrogens with one attached hydrogen (secondary N) is 2. The zero-order chi connectivity index (χ0) is 14.4. The summed E-state index contributed by atoms with van der Waals surface area (Å²) in [5.74, 6) is 1.37. The molecule has 0 heterocycles. The van der Waals surface area contributed by atoms with Gasteiger partial charge in [0, 0.05) is 19.6 Å². The fraction of sp³-hybridized carbons (Fsp3) is 0.471. The normalized spacial score (nSPS) is 17.2. The average Bonchev–Trinajstić information content (AvgIpc) is 2.96. The molecule has 1 atom stereocenters. The van der Waals surface area contributed by atoms with Crippen molar-refractivity contribution in [1.82, 2.24) is 10.6 Å².